The lowest BCUT2D eigenvalue weighted by atomic mass is 10.0. The largest absolute Gasteiger partial charge is 0.508 e. The van der Waals surface area contributed by atoms with Gasteiger partial charge < -0.3 is 5.11 Å². The van der Waals surface area contributed by atoms with Crippen molar-refractivity contribution in [2.75, 3.05) is 0 Å². The molecule has 0 radical (unpaired) electrons. The molecule has 0 aliphatic carbocycles. The van der Waals surface area contributed by atoms with Crippen LogP contribution >= 0.6 is 0 Å². The zero-order valence-electron chi connectivity index (χ0n) is 15.7. The van der Waals surface area contributed by atoms with Crippen LogP contribution in [0.15, 0.2) is 97.6 Å². The van der Waals surface area contributed by atoms with Gasteiger partial charge in [0.15, 0.2) is 5.78 Å². The molecule has 0 aromatic heterocycles. The summed E-state index contributed by atoms with van der Waals surface area (Å²) < 4.78 is 0. The Morgan fingerprint density at radius 3 is 1.97 bits per heavy atom. The third-order valence-corrected chi connectivity index (χ3v) is 4.75. The molecule has 2 nitrogen and oxygen atoms in total. The van der Waals surface area contributed by atoms with E-state index in [0.717, 1.165) is 33.0 Å². The number of fused-ring (bicyclic) bond motifs is 1. The van der Waals surface area contributed by atoms with E-state index in [-0.39, 0.29) is 11.5 Å². The van der Waals surface area contributed by atoms with Crippen molar-refractivity contribution in [1.29, 1.82) is 0 Å². The molecule has 0 saturated heterocycles. The fourth-order valence-corrected chi connectivity index (χ4v) is 3.15. The number of phenols is 1. The number of phenolic OH excluding ortho intramolecular Hbond substituents is 1. The number of aromatic hydroxyl groups is 1. The predicted octanol–water partition coefficient (Wildman–Crippen LogP) is 5.98. The maximum absolute atomic E-state index is 11.6. The standard InChI is InChI=1S/C27H18O2/c1-2-27(29)23-13-11-22(12-14-23)21-8-5-19(6-9-21)3-4-20-7-10-25-18-26(28)16-15-24(25)17-20/h2,5-18,28H,1H2. The number of benzene rings is 4. The molecule has 0 amide bonds. The lowest BCUT2D eigenvalue weighted by Gasteiger charge is -2.03. The van der Waals surface area contributed by atoms with Crippen LogP contribution in [0.25, 0.3) is 21.9 Å². The lowest BCUT2D eigenvalue weighted by Crippen LogP contribution is -1.92. The number of ketones is 1. The second-order valence-electron chi connectivity index (χ2n) is 6.72. The Morgan fingerprint density at radius 2 is 1.28 bits per heavy atom. The minimum atomic E-state index is -0.0762. The maximum atomic E-state index is 11.6. The summed E-state index contributed by atoms with van der Waals surface area (Å²) in [5, 5.41) is 11.6. The monoisotopic (exact) mass is 374 g/mol. The zero-order chi connectivity index (χ0) is 20.2. The first-order chi connectivity index (χ1) is 14.1. The summed E-state index contributed by atoms with van der Waals surface area (Å²) in [6.45, 7) is 3.51. The van der Waals surface area contributed by atoms with Gasteiger partial charge in [0.2, 0.25) is 0 Å². The van der Waals surface area contributed by atoms with Crippen LogP contribution in [0.5, 0.6) is 5.75 Å². The van der Waals surface area contributed by atoms with E-state index in [4.69, 9.17) is 0 Å². The van der Waals surface area contributed by atoms with E-state index in [1.54, 1.807) is 12.1 Å². The Bertz CT molecular complexity index is 1270. The van der Waals surface area contributed by atoms with Crippen LogP contribution in [0.3, 0.4) is 0 Å². The van der Waals surface area contributed by atoms with Crippen molar-refractivity contribution < 1.29 is 9.90 Å². The molecule has 0 saturated carbocycles. The van der Waals surface area contributed by atoms with E-state index < -0.39 is 0 Å². The molecule has 0 fully saturated rings. The molecule has 0 atom stereocenters. The van der Waals surface area contributed by atoms with Crippen molar-refractivity contribution >= 4 is 16.6 Å². The highest BCUT2D eigenvalue weighted by Crippen LogP contribution is 2.22. The summed E-state index contributed by atoms with van der Waals surface area (Å²) in [5.74, 6) is 6.57. The van der Waals surface area contributed by atoms with E-state index in [1.165, 1.54) is 6.08 Å². The fourth-order valence-electron chi connectivity index (χ4n) is 3.15. The van der Waals surface area contributed by atoms with Crippen LogP contribution < -0.4 is 0 Å². The van der Waals surface area contributed by atoms with Crippen LogP contribution in [0.1, 0.15) is 21.5 Å². The molecule has 2 heteroatoms. The average molecular weight is 374 g/mol. The van der Waals surface area contributed by atoms with Gasteiger partial charge in [0.1, 0.15) is 5.75 Å². The van der Waals surface area contributed by atoms with Gasteiger partial charge in [-0.2, -0.15) is 0 Å². The summed E-state index contributed by atoms with van der Waals surface area (Å²) in [6.07, 6.45) is 1.32. The summed E-state index contributed by atoms with van der Waals surface area (Å²) in [5.41, 5.74) is 4.60. The van der Waals surface area contributed by atoms with Crippen LogP contribution in [-0.4, -0.2) is 10.9 Å². The number of hydrogen-bond donors (Lipinski definition) is 1. The first-order valence-electron chi connectivity index (χ1n) is 9.24. The van der Waals surface area contributed by atoms with Crippen molar-refractivity contribution in [3.8, 4) is 28.7 Å². The van der Waals surface area contributed by atoms with Crippen LogP contribution in [0.2, 0.25) is 0 Å². The quantitative estimate of drug-likeness (QED) is 0.272. The van der Waals surface area contributed by atoms with Crippen LogP contribution in [-0.2, 0) is 0 Å². The average Bonchev–Trinajstić information content (AvgIpc) is 2.77. The Kier molecular flexibility index (Phi) is 4.97. The summed E-state index contributed by atoms with van der Waals surface area (Å²) >= 11 is 0. The molecule has 0 aliphatic heterocycles. The molecule has 0 spiro atoms. The highest BCUT2D eigenvalue weighted by molar-refractivity contribution is 6.04. The Labute approximate surface area is 169 Å². The molecular formula is C27H18O2. The molecule has 4 rings (SSSR count). The van der Waals surface area contributed by atoms with E-state index in [0.29, 0.717) is 5.56 Å². The number of hydrogen-bond acceptors (Lipinski definition) is 2. The van der Waals surface area contributed by atoms with Crippen LogP contribution in [0.4, 0.5) is 0 Å². The summed E-state index contributed by atoms with van der Waals surface area (Å²) in [7, 11) is 0. The van der Waals surface area contributed by atoms with Gasteiger partial charge in [-0.1, -0.05) is 67.0 Å². The molecule has 0 bridgehead atoms. The minimum Gasteiger partial charge on any atom is -0.508 e. The first kappa shape index (κ1) is 18.3. The lowest BCUT2D eigenvalue weighted by molar-refractivity contribution is 0.104. The van der Waals surface area contributed by atoms with Crippen molar-refractivity contribution in [2.45, 2.75) is 0 Å². The van der Waals surface area contributed by atoms with Gasteiger partial charge in [-0.05, 0) is 64.4 Å². The third-order valence-electron chi connectivity index (χ3n) is 4.75. The Hall–Kier alpha value is -4.09. The van der Waals surface area contributed by atoms with E-state index >= 15 is 0 Å². The maximum Gasteiger partial charge on any atom is 0.185 e. The third kappa shape index (κ3) is 4.10. The number of carbonyl (C=O) groups is 1. The molecule has 0 aliphatic rings. The SMILES string of the molecule is C=CC(=O)c1ccc(-c2ccc(C#Cc3ccc4cc(O)ccc4c3)cc2)cc1. The summed E-state index contributed by atoms with van der Waals surface area (Å²) in [6, 6.07) is 26.8. The van der Waals surface area contributed by atoms with Gasteiger partial charge in [-0.15, -0.1) is 0 Å². The topological polar surface area (TPSA) is 37.3 Å². The number of allylic oxidation sites excluding steroid dienone is 1. The van der Waals surface area contributed by atoms with Crippen molar-refractivity contribution in [2.24, 2.45) is 0 Å². The second kappa shape index (κ2) is 7.88. The molecule has 0 unspecified atom stereocenters. The molecule has 138 valence electrons. The summed E-state index contributed by atoms with van der Waals surface area (Å²) in [4.78, 5) is 11.6. The molecule has 29 heavy (non-hydrogen) atoms. The first-order valence-corrected chi connectivity index (χ1v) is 9.24. The highest BCUT2D eigenvalue weighted by atomic mass is 16.3. The van der Waals surface area contributed by atoms with Crippen LogP contribution in [0, 0.1) is 11.8 Å². The van der Waals surface area contributed by atoms with Gasteiger partial charge in [-0.25, -0.2) is 0 Å². The van der Waals surface area contributed by atoms with Crippen molar-refractivity contribution in [3.05, 3.63) is 114 Å². The molecule has 4 aromatic carbocycles. The van der Waals surface area contributed by atoms with Gasteiger partial charge in [-0.3, -0.25) is 4.79 Å². The van der Waals surface area contributed by atoms with E-state index in [9.17, 15) is 9.90 Å². The predicted molar refractivity (Wildman–Crippen MR) is 118 cm³/mol. The smallest absolute Gasteiger partial charge is 0.185 e. The number of rotatable bonds is 3. The van der Waals surface area contributed by atoms with Crippen molar-refractivity contribution in [3.63, 3.8) is 0 Å². The highest BCUT2D eigenvalue weighted by Gasteiger charge is 2.02. The van der Waals surface area contributed by atoms with Gasteiger partial charge in [0.25, 0.3) is 0 Å². The van der Waals surface area contributed by atoms with Gasteiger partial charge >= 0.3 is 0 Å². The number of carbonyl (C=O) groups excluding carboxylic acids is 1. The molecule has 1 N–H and O–H groups in total. The van der Waals surface area contributed by atoms with Gasteiger partial charge in [0, 0.05) is 16.7 Å². The second-order valence-corrected chi connectivity index (χ2v) is 6.72. The minimum absolute atomic E-state index is 0.0762. The van der Waals surface area contributed by atoms with E-state index in [1.807, 2.05) is 72.8 Å². The zero-order valence-corrected chi connectivity index (χ0v) is 15.7. The molecule has 0 heterocycles. The van der Waals surface area contributed by atoms with Gasteiger partial charge in [0.05, 0.1) is 0 Å². The van der Waals surface area contributed by atoms with Crippen molar-refractivity contribution in [1.82, 2.24) is 0 Å². The Morgan fingerprint density at radius 1 is 0.724 bits per heavy atom. The normalized spacial score (nSPS) is 10.2. The molecular weight excluding hydrogens is 356 g/mol. The molecule has 4 aromatic rings. The Balaban J connectivity index is 1.54. The fraction of sp³-hybridized carbons (Fsp3) is 0. The van der Waals surface area contributed by atoms with E-state index in [2.05, 4.69) is 18.4 Å².